The molecule has 2 aromatic heterocycles. The highest BCUT2D eigenvalue weighted by atomic mass is 16.3. The van der Waals surface area contributed by atoms with E-state index in [1.165, 1.54) is 38.5 Å². The maximum atomic E-state index is 6.59. The summed E-state index contributed by atoms with van der Waals surface area (Å²) >= 11 is 0. The van der Waals surface area contributed by atoms with Gasteiger partial charge in [0, 0.05) is 49.7 Å². The molecule has 0 unspecified atom stereocenters. The fraction of sp³-hybridized carbons (Fsp3) is 0. The summed E-state index contributed by atoms with van der Waals surface area (Å²) in [5, 5.41) is 4.63. The summed E-state index contributed by atoms with van der Waals surface area (Å²) in [5.74, 6) is 0. The van der Waals surface area contributed by atoms with Crippen molar-refractivity contribution < 1.29 is 4.42 Å². The zero-order valence-electron chi connectivity index (χ0n) is 34.4. The highest BCUT2D eigenvalue weighted by molar-refractivity contribution is 6.12. The van der Waals surface area contributed by atoms with Crippen molar-refractivity contribution in [3.05, 3.63) is 243 Å². The number of anilines is 3. The first-order valence-corrected chi connectivity index (χ1v) is 21.5. The van der Waals surface area contributed by atoms with Gasteiger partial charge < -0.3 is 13.9 Å². The van der Waals surface area contributed by atoms with Crippen LogP contribution in [-0.2, 0) is 0 Å². The molecule has 2 heterocycles. The van der Waals surface area contributed by atoms with E-state index in [2.05, 4.69) is 246 Å². The van der Waals surface area contributed by atoms with Gasteiger partial charge >= 0.3 is 0 Å². The molecular formula is C60H40N2O. The topological polar surface area (TPSA) is 21.3 Å². The monoisotopic (exact) mass is 804 g/mol. The van der Waals surface area contributed by atoms with Crippen molar-refractivity contribution in [2.45, 2.75) is 0 Å². The van der Waals surface area contributed by atoms with E-state index >= 15 is 0 Å². The number of hydrogen-bond acceptors (Lipinski definition) is 2. The first-order chi connectivity index (χ1) is 31.3. The third-order valence-corrected chi connectivity index (χ3v) is 12.4. The maximum Gasteiger partial charge on any atom is 0.143 e. The summed E-state index contributed by atoms with van der Waals surface area (Å²) in [5.41, 5.74) is 17.6. The zero-order valence-corrected chi connectivity index (χ0v) is 34.4. The molecule has 3 heteroatoms. The molecule has 10 aromatic carbocycles. The van der Waals surface area contributed by atoms with Crippen molar-refractivity contribution in [1.29, 1.82) is 0 Å². The molecule has 0 atom stereocenters. The lowest BCUT2D eigenvalue weighted by atomic mass is 9.88. The quantitative estimate of drug-likeness (QED) is 0.153. The van der Waals surface area contributed by atoms with E-state index in [0.29, 0.717) is 0 Å². The molecule has 0 fully saturated rings. The molecule has 0 bridgehead atoms. The summed E-state index contributed by atoms with van der Waals surface area (Å²) in [4.78, 5) is 2.44. The largest absolute Gasteiger partial charge is 0.455 e. The van der Waals surface area contributed by atoms with Crippen LogP contribution in [0, 0.1) is 0 Å². The van der Waals surface area contributed by atoms with Gasteiger partial charge in [0.05, 0.1) is 16.7 Å². The van der Waals surface area contributed by atoms with Crippen LogP contribution in [0.3, 0.4) is 0 Å². The Labute approximate surface area is 366 Å². The van der Waals surface area contributed by atoms with Crippen LogP contribution >= 0.6 is 0 Å². The molecule has 0 N–H and O–H groups in total. The van der Waals surface area contributed by atoms with Gasteiger partial charge in [-0.05, 0) is 94.0 Å². The Balaban J connectivity index is 1.10. The van der Waals surface area contributed by atoms with Gasteiger partial charge in [0.15, 0.2) is 0 Å². The molecule has 296 valence electrons. The molecular weight excluding hydrogens is 765 g/mol. The molecule has 0 radical (unpaired) electrons. The Kier molecular flexibility index (Phi) is 8.83. The number of fused-ring (bicyclic) bond motifs is 6. The molecule has 0 aliphatic rings. The van der Waals surface area contributed by atoms with Crippen molar-refractivity contribution in [2.75, 3.05) is 4.90 Å². The Morgan fingerprint density at radius 3 is 1.67 bits per heavy atom. The summed E-state index contributed by atoms with van der Waals surface area (Å²) in [6, 6.07) is 87.2. The molecule has 0 saturated carbocycles. The van der Waals surface area contributed by atoms with Crippen LogP contribution in [0.25, 0.3) is 93.9 Å². The maximum absolute atomic E-state index is 6.59. The van der Waals surface area contributed by atoms with Crippen molar-refractivity contribution >= 4 is 60.8 Å². The molecule has 0 amide bonds. The van der Waals surface area contributed by atoms with Crippen LogP contribution in [0.1, 0.15) is 0 Å². The number of para-hydroxylation sites is 5. The smallest absolute Gasteiger partial charge is 0.143 e. The van der Waals surface area contributed by atoms with E-state index in [0.717, 1.165) is 72.5 Å². The Morgan fingerprint density at radius 2 is 0.857 bits per heavy atom. The average Bonchev–Trinajstić information content (AvgIpc) is 3.91. The van der Waals surface area contributed by atoms with Gasteiger partial charge in [-0.25, -0.2) is 0 Å². The number of hydrogen-bond donors (Lipinski definition) is 0. The molecule has 63 heavy (non-hydrogen) atoms. The van der Waals surface area contributed by atoms with E-state index in [4.69, 9.17) is 4.42 Å². The second kappa shape index (κ2) is 15.3. The number of rotatable bonds is 8. The second-order valence-corrected chi connectivity index (χ2v) is 16.0. The van der Waals surface area contributed by atoms with Crippen LogP contribution < -0.4 is 4.90 Å². The normalized spacial score (nSPS) is 11.5. The van der Waals surface area contributed by atoms with Crippen LogP contribution in [0.4, 0.5) is 17.1 Å². The van der Waals surface area contributed by atoms with Gasteiger partial charge in [-0.3, -0.25) is 0 Å². The highest BCUT2D eigenvalue weighted by Gasteiger charge is 2.23. The Bertz CT molecular complexity index is 3640. The molecule has 3 nitrogen and oxygen atoms in total. The predicted octanol–water partition coefficient (Wildman–Crippen LogP) is 16.8. The Morgan fingerprint density at radius 1 is 0.317 bits per heavy atom. The SMILES string of the molecule is c1ccc(-c2ccccc2-c2ccccc2-c2ccccc2N(c2cccc(-c3cccc4c3oc3ccccc34)c2)c2ccc3c(c2)c2ccccc2n3-c2ccccc2)cc1. The summed E-state index contributed by atoms with van der Waals surface area (Å²) in [6.07, 6.45) is 0. The first kappa shape index (κ1) is 36.5. The second-order valence-electron chi connectivity index (χ2n) is 16.0. The zero-order chi connectivity index (χ0) is 41.7. The van der Waals surface area contributed by atoms with Crippen LogP contribution in [-0.4, -0.2) is 4.57 Å². The third kappa shape index (κ3) is 6.21. The lowest BCUT2D eigenvalue weighted by molar-refractivity contribution is 0.670. The minimum absolute atomic E-state index is 0.891. The van der Waals surface area contributed by atoms with Gasteiger partial charge in [0.1, 0.15) is 11.2 Å². The van der Waals surface area contributed by atoms with Crippen molar-refractivity contribution in [1.82, 2.24) is 4.57 Å². The third-order valence-electron chi connectivity index (χ3n) is 12.4. The van der Waals surface area contributed by atoms with E-state index in [1.807, 2.05) is 6.07 Å². The first-order valence-electron chi connectivity index (χ1n) is 21.5. The number of nitrogens with zero attached hydrogens (tertiary/aromatic N) is 2. The minimum Gasteiger partial charge on any atom is -0.455 e. The molecule has 0 spiro atoms. The van der Waals surface area contributed by atoms with Gasteiger partial charge in [-0.1, -0.05) is 182 Å². The average molecular weight is 805 g/mol. The molecule has 0 aliphatic heterocycles. The summed E-state index contributed by atoms with van der Waals surface area (Å²) in [7, 11) is 0. The number of aromatic nitrogens is 1. The van der Waals surface area contributed by atoms with Gasteiger partial charge in [0.2, 0.25) is 0 Å². The van der Waals surface area contributed by atoms with Crippen molar-refractivity contribution in [3.63, 3.8) is 0 Å². The van der Waals surface area contributed by atoms with E-state index < -0.39 is 0 Å². The van der Waals surface area contributed by atoms with Crippen molar-refractivity contribution in [3.8, 4) is 50.2 Å². The van der Waals surface area contributed by atoms with Crippen LogP contribution in [0.2, 0.25) is 0 Å². The fourth-order valence-corrected chi connectivity index (χ4v) is 9.61. The predicted molar refractivity (Wildman–Crippen MR) is 264 cm³/mol. The molecule has 0 saturated heterocycles. The number of furan rings is 1. The molecule has 12 aromatic rings. The highest BCUT2D eigenvalue weighted by Crippen LogP contribution is 2.47. The van der Waals surface area contributed by atoms with Crippen LogP contribution in [0.15, 0.2) is 247 Å². The van der Waals surface area contributed by atoms with Crippen molar-refractivity contribution in [2.24, 2.45) is 0 Å². The molecule has 12 rings (SSSR count). The van der Waals surface area contributed by atoms with E-state index in [1.54, 1.807) is 0 Å². The van der Waals surface area contributed by atoms with Gasteiger partial charge in [-0.2, -0.15) is 0 Å². The van der Waals surface area contributed by atoms with Gasteiger partial charge in [0.25, 0.3) is 0 Å². The fourth-order valence-electron chi connectivity index (χ4n) is 9.61. The van der Waals surface area contributed by atoms with E-state index in [9.17, 15) is 0 Å². The summed E-state index contributed by atoms with van der Waals surface area (Å²) in [6.45, 7) is 0. The number of benzene rings is 10. The van der Waals surface area contributed by atoms with Crippen LogP contribution in [0.5, 0.6) is 0 Å². The lowest BCUT2D eigenvalue weighted by Crippen LogP contribution is -2.11. The van der Waals surface area contributed by atoms with E-state index in [-0.39, 0.29) is 0 Å². The molecule has 0 aliphatic carbocycles. The summed E-state index contributed by atoms with van der Waals surface area (Å²) < 4.78 is 8.97. The standard InChI is InChI=1S/C60H40N2O/c1-3-19-41(20-4-1)46-25-7-8-26-48(46)49-27-9-10-28-50(49)51-29-11-14-34-56(51)61(44-24-17-21-42(39-44)47-32-18-33-54-53-31-13-16-36-59(53)63-60(47)54)45-37-38-58-55(40-45)52-30-12-15-35-57(52)62(58)43-22-5-2-6-23-43/h1-40H. The van der Waals surface area contributed by atoms with Gasteiger partial charge in [-0.15, -0.1) is 0 Å². The lowest BCUT2D eigenvalue weighted by Gasteiger charge is -2.29. The minimum atomic E-state index is 0.891. The Hall–Kier alpha value is -8.40.